The molecule has 1 aliphatic rings. The van der Waals surface area contributed by atoms with E-state index in [1.54, 1.807) is 5.57 Å². The second kappa shape index (κ2) is 7.08. The van der Waals surface area contributed by atoms with E-state index in [2.05, 4.69) is 32.2 Å². The van der Waals surface area contributed by atoms with Crippen molar-refractivity contribution in [2.75, 3.05) is 13.2 Å². The molecule has 0 aliphatic heterocycles. The Kier molecular flexibility index (Phi) is 6.07. The fourth-order valence-corrected chi connectivity index (χ4v) is 2.57. The summed E-state index contributed by atoms with van der Waals surface area (Å²) in [5.74, 6) is 1.52. The minimum atomic E-state index is 0.310. The van der Waals surface area contributed by atoms with Crippen LogP contribution in [0.25, 0.3) is 0 Å². The third kappa shape index (κ3) is 4.26. The van der Waals surface area contributed by atoms with Gasteiger partial charge in [0.1, 0.15) is 0 Å². The summed E-state index contributed by atoms with van der Waals surface area (Å²) in [6.07, 6.45) is 6.95. The van der Waals surface area contributed by atoms with E-state index >= 15 is 0 Å². The molecule has 0 radical (unpaired) electrons. The van der Waals surface area contributed by atoms with Crippen molar-refractivity contribution in [3.63, 3.8) is 0 Å². The SMILES string of the molecule is CC1=CCC[C@H](C)[C@@H]1CN[C@H](C)CCCO. The standard InChI is InChI=1S/C14H27NO/c1-11-6-4-7-12(2)14(11)10-15-13(3)8-5-9-16/h6,12-16H,4-5,7-10H2,1-3H3/t12-,13+,14+/m0/s1. The van der Waals surface area contributed by atoms with Crippen molar-refractivity contribution in [3.8, 4) is 0 Å². The van der Waals surface area contributed by atoms with Crippen LogP contribution in [0.1, 0.15) is 46.5 Å². The van der Waals surface area contributed by atoms with E-state index in [-0.39, 0.29) is 0 Å². The molecule has 0 spiro atoms. The molecule has 0 aromatic rings. The Labute approximate surface area is 100 Å². The smallest absolute Gasteiger partial charge is 0.0431 e. The number of hydrogen-bond acceptors (Lipinski definition) is 2. The molecule has 0 heterocycles. The Balaban J connectivity index is 2.30. The lowest BCUT2D eigenvalue weighted by molar-refractivity contribution is 0.272. The van der Waals surface area contributed by atoms with Crippen molar-refractivity contribution in [2.45, 2.75) is 52.5 Å². The zero-order valence-electron chi connectivity index (χ0n) is 11.0. The number of allylic oxidation sites excluding steroid dienone is 1. The zero-order valence-corrected chi connectivity index (χ0v) is 11.0. The normalized spacial score (nSPS) is 27.6. The molecule has 0 bridgehead atoms. The highest BCUT2D eigenvalue weighted by Crippen LogP contribution is 2.29. The van der Waals surface area contributed by atoms with E-state index in [0.717, 1.165) is 25.3 Å². The fourth-order valence-electron chi connectivity index (χ4n) is 2.57. The molecule has 0 aromatic heterocycles. The zero-order chi connectivity index (χ0) is 12.0. The van der Waals surface area contributed by atoms with Gasteiger partial charge in [-0.2, -0.15) is 0 Å². The van der Waals surface area contributed by atoms with Gasteiger partial charge in [0.15, 0.2) is 0 Å². The van der Waals surface area contributed by atoms with Crippen molar-refractivity contribution in [1.29, 1.82) is 0 Å². The third-order valence-electron chi connectivity index (χ3n) is 3.84. The Morgan fingerprint density at radius 1 is 1.56 bits per heavy atom. The summed E-state index contributed by atoms with van der Waals surface area (Å²) in [7, 11) is 0. The largest absolute Gasteiger partial charge is 0.396 e. The lowest BCUT2D eigenvalue weighted by Gasteiger charge is -2.30. The minimum absolute atomic E-state index is 0.310. The summed E-state index contributed by atoms with van der Waals surface area (Å²) in [6, 6.07) is 0.522. The molecule has 1 rings (SSSR count). The summed E-state index contributed by atoms with van der Waals surface area (Å²) in [4.78, 5) is 0. The first-order chi connectivity index (χ1) is 7.65. The molecule has 2 heteroatoms. The highest BCUT2D eigenvalue weighted by atomic mass is 16.2. The van der Waals surface area contributed by atoms with E-state index in [4.69, 9.17) is 5.11 Å². The second-order valence-corrected chi connectivity index (χ2v) is 5.28. The summed E-state index contributed by atoms with van der Waals surface area (Å²) >= 11 is 0. The maximum Gasteiger partial charge on any atom is 0.0431 e. The molecule has 3 atom stereocenters. The van der Waals surface area contributed by atoms with Gasteiger partial charge in [-0.25, -0.2) is 0 Å². The first kappa shape index (κ1) is 13.7. The van der Waals surface area contributed by atoms with Crippen LogP contribution in [0.4, 0.5) is 0 Å². The average molecular weight is 225 g/mol. The lowest BCUT2D eigenvalue weighted by atomic mass is 9.80. The average Bonchev–Trinajstić information content (AvgIpc) is 2.25. The predicted molar refractivity (Wildman–Crippen MR) is 69.4 cm³/mol. The van der Waals surface area contributed by atoms with Gasteiger partial charge in [-0.15, -0.1) is 0 Å². The molecule has 0 aromatic carbocycles. The molecule has 0 unspecified atom stereocenters. The van der Waals surface area contributed by atoms with Gasteiger partial charge in [-0.05, 0) is 51.4 Å². The van der Waals surface area contributed by atoms with Gasteiger partial charge < -0.3 is 10.4 Å². The van der Waals surface area contributed by atoms with Gasteiger partial charge >= 0.3 is 0 Å². The van der Waals surface area contributed by atoms with Crippen molar-refractivity contribution in [2.24, 2.45) is 11.8 Å². The molecular formula is C14H27NO. The van der Waals surface area contributed by atoms with Crippen molar-refractivity contribution in [3.05, 3.63) is 11.6 Å². The van der Waals surface area contributed by atoms with Gasteiger partial charge in [-0.1, -0.05) is 18.6 Å². The van der Waals surface area contributed by atoms with Crippen LogP contribution in [0.3, 0.4) is 0 Å². The van der Waals surface area contributed by atoms with Crippen molar-refractivity contribution < 1.29 is 5.11 Å². The summed E-state index contributed by atoms with van der Waals surface area (Å²) in [6.45, 7) is 8.24. The van der Waals surface area contributed by atoms with Crippen LogP contribution in [0.5, 0.6) is 0 Å². The summed E-state index contributed by atoms with van der Waals surface area (Å²) < 4.78 is 0. The number of aliphatic hydroxyl groups excluding tert-OH is 1. The van der Waals surface area contributed by atoms with Crippen LogP contribution in [0, 0.1) is 11.8 Å². The fraction of sp³-hybridized carbons (Fsp3) is 0.857. The van der Waals surface area contributed by atoms with Crippen LogP contribution in [-0.4, -0.2) is 24.3 Å². The Bertz CT molecular complexity index is 225. The molecule has 1 aliphatic carbocycles. The van der Waals surface area contributed by atoms with E-state index < -0.39 is 0 Å². The highest BCUT2D eigenvalue weighted by molar-refractivity contribution is 5.09. The van der Waals surface area contributed by atoms with Gasteiger partial charge in [-0.3, -0.25) is 0 Å². The van der Waals surface area contributed by atoms with Crippen LogP contribution in [0.15, 0.2) is 11.6 Å². The first-order valence-corrected chi connectivity index (χ1v) is 6.66. The van der Waals surface area contributed by atoms with Gasteiger partial charge in [0.25, 0.3) is 0 Å². The topological polar surface area (TPSA) is 32.3 Å². The molecule has 0 fully saturated rings. The summed E-state index contributed by atoms with van der Waals surface area (Å²) in [5, 5.41) is 12.4. The maximum absolute atomic E-state index is 8.78. The van der Waals surface area contributed by atoms with Crippen molar-refractivity contribution >= 4 is 0 Å². The Hall–Kier alpha value is -0.340. The molecule has 16 heavy (non-hydrogen) atoms. The van der Waals surface area contributed by atoms with Gasteiger partial charge in [0.2, 0.25) is 0 Å². The van der Waals surface area contributed by atoms with E-state index in [9.17, 15) is 0 Å². The maximum atomic E-state index is 8.78. The molecule has 0 saturated carbocycles. The summed E-state index contributed by atoms with van der Waals surface area (Å²) in [5.41, 5.74) is 1.56. The van der Waals surface area contributed by atoms with E-state index in [1.807, 2.05) is 0 Å². The number of hydrogen-bond donors (Lipinski definition) is 2. The van der Waals surface area contributed by atoms with Crippen LogP contribution < -0.4 is 5.32 Å². The van der Waals surface area contributed by atoms with Crippen molar-refractivity contribution in [1.82, 2.24) is 5.32 Å². The molecule has 0 saturated heterocycles. The molecule has 2 nitrogen and oxygen atoms in total. The van der Waals surface area contributed by atoms with Gasteiger partial charge in [0, 0.05) is 19.2 Å². The Morgan fingerprint density at radius 3 is 2.94 bits per heavy atom. The second-order valence-electron chi connectivity index (χ2n) is 5.28. The lowest BCUT2D eigenvalue weighted by Crippen LogP contribution is -2.35. The van der Waals surface area contributed by atoms with Crippen LogP contribution in [-0.2, 0) is 0 Å². The van der Waals surface area contributed by atoms with E-state index in [1.165, 1.54) is 12.8 Å². The molecule has 0 amide bonds. The quantitative estimate of drug-likeness (QED) is 0.681. The van der Waals surface area contributed by atoms with Gasteiger partial charge in [0.05, 0.1) is 0 Å². The minimum Gasteiger partial charge on any atom is -0.396 e. The van der Waals surface area contributed by atoms with Crippen LogP contribution >= 0.6 is 0 Å². The third-order valence-corrected chi connectivity index (χ3v) is 3.84. The monoisotopic (exact) mass is 225 g/mol. The molecule has 94 valence electrons. The number of rotatable bonds is 6. The van der Waals surface area contributed by atoms with E-state index in [0.29, 0.717) is 18.6 Å². The highest BCUT2D eigenvalue weighted by Gasteiger charge is 2.21. The van der Waals surface area contributed by atoms with Crippen LogP contribution in [0.2, 0.25) is 0 Å². The number of aliphatic hydroxyl groups is 1. The number of nitrogens with one attached hydrogen (secondary N) is 1. The molecular weight excluding hydrogens is 198 g/mol. The Morgan fingerprint density at radius 2 is 2.31 bits per heavy atom. The first-order valence-electron chi connectivity index (χ1n) is 6.66. The molecule has 2 N–H and O–H groups in total. The predicted octanol–water partition coefficient (Wildman–Crippen LogP) is 2.73.